The Labute approximate surface area is 82.4 Å². The molecule has 0 unspecified atom stereocenters. The molecule has 0 aromatic heterocycles. The zero-order chi connectivity index (χ0) is 7.33. The van der Waals surface area contributed by atoms with Crippen molar-refractivity contribution in [1.82, 2.24) is 0 Å². The molecule has 0 aromatic rings. The van der Waals surface area contributed by atoms with Gasteiger partial charge in [0.05, 0.1) is 27.7 Å². The Bertz CT molecular complexity index is 66.1. The summed E-state index contributed by atoms with van der Waals surface area (Å²) in [6.07, 6.45) is 4.09. The highest BCUT2D eigenvalue weighted by Gasteiger charge is 2.03. The number of quaternary nitrogens is 1. The third-order valence-corrected chi connectivity index (χ3v) is 1.43. The summed E-state index contributed by atoms with van der Waals surface area (Å²) < 4.78 is 1.11. The summed E-state index contributed by atoms with van der Waals surface area (Å²) in [4.78, 5) is 0. The Hall–Kier alpha value is 0.690. The fourth-order valence-electron chi connectivity index (χ4n) is 0.836. The van der Waals surface area contributed by atoms with Crippen LogP contribution in [0.4, 0.5) is 0 Å². The monoisotopic (exact) mass is 257 g/mol. The van der Waals surface area contributed by atoms with Crippen molar-refractivity contribution in [2.45, 2.75) is 26.2 Å². The molecule has 0 bridgehead atoms. The fraction of sp³-hybridized carbons (Fsp3) is 1.00. The van der Waals surface area contributed by atoms with Crippen LogP contribution < -0.4 is 24.0 Å². The maximum atomic E-state index is 2.25. The zero-order valence-electron chi connectivity index (χ0n) is 7.65. The van der Waals surface area contributed by atoms with Gasteiger partial charge in [0, 0.05) is 0 Å². The molecule has 0 radical (unpaired) electrons. The maximum absolute atomic E-state index is 2.25. The molecule has 0 saturated carbocycles. The van der Waals surface area contributed by atoms with Gasteiger partial charge in [-0.25, -0.2) is 0 Å². The van der Waals surface area contributed by atoms with E-state index in [1.54, 1.807) is 0 Å². The molecule has 0 aliphatic carbocycles. The van der Waals surface area contributed by atoms with Crippen LogP contribution in [0.1, 0.15) is 26.2 Å². The smallest absolute Gasteiger partial charge is 0.0780 e. The van der Waals surface area contributed by atoms with Crippen molar-refractivity contribution in [2.75, 3.05) is 27.7 Å². The molecule has 0 N–H and O–H groups in total. The van der Waals surface area contributed by atoms with Crippen molar-refractivity contribution in [3.05, 3.63) is 0 Å². The molecule has 0 rings (SSSR count). The van der Waals surface area contributed by atoms with Crippen LogP contribution in [0.25, 0.3) is 0 Å². The first kappa shape index (κ1) is 13.3. The van der Waals surface area contributed by atoms with Crippen molar-refractivity contribution in [3.63, 3.8) is 0 Å². The van der Waals surface area contributed by atoms with E-state index in [4.69, 9.17) is 0 Å². The van der Waals surface area contributed by atoms with E-state index in [2.05, 4.69) is 28.1 Å². The summed E-state index contributed by atoms with van der Waals surface area (Å²) in [5.41, 5.74) is 0. The van der Waals surface area contributed by atoms with Crippen molar-refractivity contribution in [1.29, 1.82) is 0 Å². The van der Waals surface area contributed by atoms with Gasteiger partial charge in [-0.05, 0) is 12.8 Å². The molecule has 2 heteroatoms. The second kappa shape index (κ2) is 6.40. The van der Waals surface area contributed by atoms with E-state index >= 15 is 0 Å². The molecule has 0 atom stereocenters. The van der Waals surface area contributed by atoms with Crippen LogP contribution >= 0.6 is 0 Å². The molecule has 10 heavy (non-hydrogen) atoms. The molecular formula is C8H20IN. The molecule has 0 amide bonds. The second-order valence-electron chi connectivity index (χ2n) is 3.72. The molecule has 1 nitrogen and oxygen atoms in total. The predicted molar refractivity (Wildman–Crippen MR) is 42.4 cm³/mol. The third kappa shape index (κ3) is 11.5. The Kier molecular flexibility index (Phi) is 8.51. The summed E-state index contributed by atoms with van der Waals surface area (Å²) in [5, 5.41) is 0. The van der Waals surface area contributed by atoms with Crippen LogP contribution in [-0.4, -0.2) is 32.2 Å². The van der Waals surface area contributed by atoms with E-state index in [-0.39, 0.29) is 24.0 Å². The van der Waals surface area contributed by atoms with Gasteiger partial charge in [-0.1, -0.05) is 13.3 Å². The average Bonchev–Trinajstić information content (AvgIpc) is 1.63. The van der Waals surface area contributed by atoms with Gasteiger partial charge in [0.1, 0.15) is 0 Å². The van der Waals surface area contributed by atoms with Crippen molar-refractivity contribution >= 4 is 0 Å². The van der Waals surface area contributed by atoms with Gasteiger partial charge >= 0.3 is 0 Å². The van der Waals surface area contributed by atoms with Gasteiger partial charge in [0.2, 0.25) is 0 Å². The quantitative estimate of drug-likeness (QED) is 0.340. The summed E-state index contributed by atoms with van der Waals surface area (Å²) in [7, 11) is 6.74. The van der Waals surface area contributed by atoms with Gasteiger partial charge in [-0.15, -0.1) is 0 Å². The van der Waals surface area contributed by atoms with E-state index in [1.807, 2.05) is 0 Å². The van der Waals surface area contributed by atoms with Crippen LogP contribution in [0, 0.1) is 0 Å². The maximum Gasteiger partial charge on any atom is 0.0780 e. The van der Waals surface area contributed by atoms with Crippen LogP contribution in [-0.2, 0) is 0 Å². The SMILES string of the molecule is CCCCC[N+](C)(C)C.[I-]. The Morgan fingerprint density at radius 1 is 1.00 bits per heavy atom. The first-order chi connectivity index (χ1) is 4.06. The first-order valence-corrected chi connectivity index (χ1v) is 3.86. The number of hydrogen-bond acceptors (Lipinski definition) is 0. The van der Waals surface area contributed by atoms with E-state index in [9.17, 15) is 0 Å². The number of hydrogen-bond donors (Lipinski definition) is 0. The lowest BCUT2D eigenvalue weighted by Crippen LogP contribution is -3.00. The Balaban J connectivity index is 0. The molecule has 0 spiro atoms. The minimum Gasteiger partial charge on any atom is -1.00 e. The summed E-state index contributed by atoms with van der Waals surface area (Å²) in [6.45, 7) is 3.56. The summed E-state index contributed by atoms with van der Waals surface area (Å²) in [5.74, 6) is 0. The first-order valence-electron chi connectivity index (χ1n) is 3.86. The van der Waals surface area contributed by atoms with Crippen molar-refractivity contribution in [2.24, 2.45) is 0 Å². The Morgan fingerprint density at radius 3 is 1.80 bits per heavy atom. The fourth-order valence-corrected chi connectivity index (χ4v) is 0.836. The van der Waals surface area contributed by atoms with Gasteiger partial charge in [-0.3, -0.25) is 0 Å². The van der Waals surface area contributed by atoms with E-state index in [0.717, 1.165) is 4.48 Å². The molecule has 0 aliphatic heterocycles. The molecule has 0 fully saturated rings. The lowest BCUT2D eigenvalue weighted by atomic mass is 10.2. The number of halogens is 1. The van der Waals surface area contributed by atoms with E-state index in [1.165, 1.54) is 25.8 Å². The highest BCUT2D eigenvalue weighted by atomic mass is 127. The second-order valence-corrected chi connectivity index (χ2v) is 3.72. The normalized spacial score (nSPS) is 10.8. The summed E-state index contributed by atoms with van der Waals surface area (Å²) in [6, 6.07) is 0. The lowest BCUT2D eigenvalue weighted by molar-refractivity contribution is -0.870. The number of unbranched alkanes of at least 4 members (excludes halogenated alkanes) is 2. The average molecular weight is 257 g/mol. The molecule has 0 saturated heterocycles. The molecule has 64 valence electrons. The minimum absolute atomic E-state index is 0. The highest BCUT2D eigenvalue weighted by Crippen LogP contribution is 1.98. The number of nitrogens with zero attached hydrogens (tertiary/aromatic N) is 1. The molecule has 0 heterocycles. The van der Waals surface area contributed by atoms with Gasteiger partial charge in [0.15, 0.2) is 0 Å². The van der Waals surface area contributed by atoms with Gasteiger partial charge in [-0.2, -0.15) is 0 Å². The van der Waals surface area contributed by atoms with Gasteiger partial charge in [0.25, 0.3) is 0 Å². The van der Waals surface area contributed by atoms with Crippen LogP contribution in [0.5, 0.6) is 0 Å². The number of rotatable bonds is 4. The largest absolute Gasteiger partial charge is 1.00 e. The van der Waals surface area contributed by atoms with Crippen molar-refractivity contribution < 1.29 is 28.5 Å². The predicted octanol–water partition coefficient (Wildman–Crippen LogP) is -1.11. The van der Waals surface area contributed by atoms with Crippen molar-refractivity contribution in [3.8, 4) is 0 Å². The minimum atomic E-state index is 0. The summed E-state index contributed by atoms with van der Waals surface area (Å²) >= 11 is 0. The van der Waals surface area contributed by atoms with Gasteiger partial charge < -0.3 is 28.5 Å². The van der Waals surface area contributed by atoms with Crippen LogP contribution in [0.2, 0.25) is 0 Å². The van der Waals surface area contributed by atoms with E-state index < -0.39 is 0 Å². The van der Waals surface area contributed by atoms with Crippen LogP contribution in [0.3, 0.4) is 0 Å². The molecule has 0 aromatic carbocycles. The molecular weight excluding hydrogens is 237 g/mol. The topological polar surface area (TPSA) is 0 Å². The lowest BCUT2D eigenvalue weighted by Gasteiger charge is -2.23. The highest BCUT2D eigenvalue weighted by molar-refractivity contribution is 4.34. The standard InChI is InChI=1S/C8H20N.HI/c1-5-6-7-8-9(2,3)4;/h5-8H2,1-4H3;1H/q+1;/p-1. The third-order valence-electron chi connectivity index (χ3n) is 1.43. The molecule has 0 aliphatic rings. The zero-order valence-corrected chi connectivity index (χ0v) is 9.81. The Morgan fingerprint density at radius 2 is 1.50 bits per heavy atom. The van der Waals surface area contributed by atoms with Crippen LogP contribution in [0.15, 0.2) is 0 Å². The van der Waals surface area contributed by atoms with E-state index in [0.29, 0.717) is 0 Å².